The topological polar surface area (TPSA) is 26.0 Å². The van der Waals surface area contributed by atoms with E-state index in [2.05, 4.69) is 0 Å². The summed E-state index contributed by atoms with van der Waals surface area (Å²) in [5.41, 5.74) is 3.81. The molecule has 1 rings (SSSR count). The average molecular weight is 262 g/mol. The van der Waals surface area contributed by atoms with E-state index in [0.29, 0.717) is 0 Å². The summed E-state index contributed by atoms with van der Waals surface area (Å²) in [7, 11) is 0. The van der Waals surface area contributed by atoms with E-state index >= 15 is 0 Å². The van der Waals surface area contributed by atoms with Crippen LogP contribution in [0.25, 0.3) is 0 Å². The van der Waals surface area contributed by atoms with Gasteiger partial charge in [0.2, 0.25) is 0 Å². The molecule has 0 aliphatic heterocycles. The monoisotopic (exact) mass is 261 g/mol. The number of hydrogen-bond acceptors (Lipinski definition) is 1. The molecule has 0 saturated carbocycles. The molecular formula is C9H9ClF5N. The molecule has 0 unspecified atom stereocenters. The molecule has 0 spiro atoms. The second-order valence-electron chi connectivity index (χ2n) is 3.12. The highest BCUT2D eigenvalue weighted by molar-refractivity contribution is 5.85. The highest BCUT2D eigenvalue weighted by Crippen LogP contribution is 2.32. The minimum atomic E-state index is -4.79. The first-order valence-electron chi connectivity index (χ1n) is 4.02. The second kappa shape index (κ2) is 4.97. The van der Waals surface area contributed by atoms with Crippen molar-refractivity contribution in [1.29, 1.82) is 0 Å². The molecule has 16 heavy (non-hydrogen) atoms. The molecule has 1 nitrogen and oxygen atoms in total. The van der Waals surface area contributed by atoms with Gasteiger partial charge in [-0.2, -0.15) is 13.2 Å². The van der Waals surface area contributed by atoms with Crippen molar-refractivity contribution < 1.29 is 22.0 Å². The maximum absolute atomic E-state index is 13.1. The summed E-state index contributed by atoms with van der Waals surface area (Å²) in [4.78, 5) is 0. The quantitative estimate of drug-likeness (QED) is 0.772. The van der Waals surface area contributed by atoms with Crippen LogP contribution in [0.3, 0.4) is 0 Å². The summed E-state index contributed by atoms with van der Waals surface area (Å²) in [6.07, 6.45) is -4.79. The van der Waals surface area contributed by atoms with E-state index in [1.54, 1.807) is 0 Å². The SMILES string of the molecule is Cc1ccc([C@@H](N)C(F)(F)F)c(F)c1F.Cl. The van der Waals surface area contributed by atoms with Crippen LogP contribution in [-0.4, -0.2) is 6.18 Å². The summed E-state index contributed by atoms with van der Waals surface area (Å²) < 4.78 is 62.4. The summed E-state index contributed by atoms with van der Waals surface area (Å²) >= 11 is 0. The third-order valence-electron chi connectivity index (χ3n) is 1.99. The van der Waals surface area contributed by atoms with Crippen molar-refractivity contribution in [2.24, 2.45) is 5.73 Å². The molecule has 7 heteroatoms. The van der Waals surface area contributed by atoms with Crippen LogP contribution >= 0.6 is 12.4 Å². The van der Waals surface area contributed by atoms with Gasteiger partial charge in [-0.05, 0) is 12.5 Å². The van der Waals surface area contributed by atoms with Crippen molar-refractivity contribution in [1.82, 2.24) is 0 Å². The maximum atomic E-state index is 13.1. The van der Waals surface area contributed by atoms with Crippen molar-refractivity contribution >= 4 is 12.4 Å². The molecule has 92 valence electrons. The van der Waals surface area contributed by atoms with Crippen LogP contribution in [0.5, 0.6) is 0 Å². The van der Waals surface area contributed by atoms with Gasteiger partial charge in [-0.25, -0.2) is 8.78 Å². The zero-order valence-electron chi connectivity index (χ0n) is 8.11. The molecule has 0 heterocycles. The lowest BCUT2D eigenvalue weighted by Gasteiger charge is -2.17. The average Bonchev–Trinajstić information content (AvgIpc) is 2.12. The third kappa shape index (κ3) is 2.82. The number of rotatable bonds is 1. The number of benzene rings is 1. The minimum absolute atomic E-state index is 0. The lowest BCUT2D eigenvalue weighted by Crippen LogP contribution is -2.29. The summed E-state index contributed by atoms with van der Waals surface area (Å²) in [6, 6.07) is -0.613. The Balaban J connectivity index is 0.00000225. The number of aryl methyl sites for hydroxylation is 1. The summed E-state index contributed by atoms with van der Waals surface area (Å²) in [5.74, 6) is -2.84. The van der Waals surface area contributed by atoms with Crippen LogP contribution in [0.2, 0.25) is 0 Å². The molecule has 0 saturated heterocycles. The van der Waals surface area contributed by atoms with Crippen LogP contribution in [0.1, 0.15) is 17.2 Å². The fourth-order valence-corrected chi connectivity index (χ4v) is 1.08. The molecule has 0 fully saturated rings. The highest BCUT2D eigenvalue weighted by Gasteiger charge is 2.39. The van der Waals surface area contributed by atoms with Crippen molar-refractivity contribution in [2.75, 3.05) is 0 Å². The molecule has 0 aliphatic rings. The zero-order valence-corrected chi connectivity index (χ0v) is 8.92. The fourth-order valence-electron chi connectivity index (χ4n) is 1.08. The smallest absolute Gasteiger partial charge is 0.316 e. The van der Waals surface area contributed by atoms with Gasteiger partial charge in [0, 0.05) is 5.56 Å². The Morgan fingerprint density at radius 3 is 2.06 bits per heavy atom. The molecular weight excluding hydrogens is 253 g/mol. The fraction of sp³-hybridized carbons (Fsp3) is 0.333. The summed E-state index contributed by atoms with van der Waals surface area (Å²) in [5, 5.41) is 0. The lowest BCUT2D eigenvalue weighted by molar-refractivity contribution is -0.149. The normalized spacial score (nSPS) is 13.2. The van der Waals surface area contributed by atoms with Crippen LogP contribution < -0.4 is 5.73 Å². The van der Waals surface area contributed by atoms with Gasteiger partial charge in [0.1, 0.15) is 6.04 Å². The Kier molecular flexibility index (Phi) is 4.69. The molecule has 0 bridgehead atoms. The Morgan fingerprint density at radius 2 is 1.62 bits per heavy atom. The van der Waals surface area contributed by atoms with Crippen molar-refractivity contribution in [3.8, 4) is 0 Å². The van der Waals surface area contributed by atoms with E-state index in [0.717, 1.165) is 12.1 Å². The second-order valence-corrected chi connectivity index (χ2v) is 3.12. The third-order valence-corrected chi connectivity index (χ3v) is 1.99. The standard InChI is InChI=1S/C9H8F5N.ClH/c1-4-2-3-5(7(11)6(4)10)8(15)9(12,13)14;/h2-3,8H,15H2,1H3;1H/t8-;/m1./s1. The van der Waals surface area contributed by atoms with Gasteiger partial charge in [-0.3, -0.25) is 0 Å². The summed E-state index contributed by atoms with van der Waals surface area (Å²) in [6.45, 7) is 1.25. The van der Waals surface area contributed by atoms with Gasteiger partial charge in [0.25, 0.3) is 0 Å². The van der Waals surface area contributed by atoms with Crippen LogP contribution in [0, 0.1) is 18.6 Å². The molecule has 1 aromatic carbocycles. The Bertz CT molecular complexity index is 377. The minimum Gasteiger partial charge on any atom is -0.316 e. The van der Waals surface area contributed by atoms with Gasteiger partial charge in [0.05, 0.1) is 0 Å². The Labute approximate surface area is 94.8 Å². The number of halogens is 6. The largest absolute Gasteiger partial charge is 0.407 e. The lowest BCUT2D eigenvalue weighted by atomic mass is 10.0. The van der Waals surface area contributed by atoms with Gasteiger partial charge < -0.3 is 5.73 Å². The van der Waals surface area contributed by atoms with E-state index in [-0.39, 0.29) is 18.0 Å². The predicted molar refractivity (Wildman–Crippen MR) is 51.3 cm³/mol. The van der Waals surface area contributed by atoms with E-state index in [9.17, 15) is 22.0 Å². The van der Waals surface area contributed by atoms with Crippen LogP contribution in [0.4, 0.5) is 22.0 Å². The molecule has 0 aliphatic carbocycles. The molecule has 0 radical (unpaired) electrons. The number of nitrogens with two attached hydrogens (primary N) is 1. The van der Waals surface area contributed by atoms with Crippen LogP contribution in [0.15, 0.2) is 12.1 Å². The Morgan fingerprint density at radius 1 is 1.12 bits per heavy atom. The van der Waals surface area contributed by atoms with Crippen molar-refractivity contribution in [3.05, 3.63) is 34.9 Å². The first-order chi connectivity index (χ1) is 6.75. The maximum Gasteiger partial charge on any atom is 0.407 e. The van der Waals surface area contributed by atoms with E-state index in [1.807, 2.05) is 0 Å². The molecule has 1 atom stereocenters. The van der Waals surface area contributed by atoms with Crippen molar-refractivity contribution in [3.63, 3.8) is 0 Å². The highest BCUT2D eigenvalue weighted by atomic mass is 35.5. The zero-order chi connectivity index (χ0) is 11.8. The van der Waals surface area contributed by atoms with E-state index < -0.39 is 29.4 Å². The van der Waals surface area contributed by atoms with Gasteiger partial charge >= 0.3 is 6.18 Å². The van der Waals surface area contributed by atoms with Gasteiger partial charge in [0.15, 0.2) is 11.6 Å². The van der Waals surface area contributed by atoms with Crippen LogP contribution in [-0.2, 0) is 0 Å². The molecule has 0 aromatic heterocycles. The van der Waals surface area contributed by atoms with Gasteiger partial charge in [-0.1, -0.05) is 12.1 Å². The molecule has 1 aromatic rings. The Hall–Kier alpha value is -0.880. The number of hydrogen-bond donors (Lipinski definition) is 1. The van der Waals surface area contributed by atoms with E-state index in [1.165, 1.54) is 6.92 Å². The first-order valence-corrected chi connectivity index (χ1v) is 4.02. The molecule has 0 amide bonds. The molecule has 2 N–H and O–H groups in total. The number of alkyl halides is 3. The van der Waals surface area contributed by atoms with Crippen molar-refractivity contribution in [2.45, 2.75) is 19.1 Å². The van der Waals surface area contributed by atoms with Gasteiger partial charge in [-0.15, -0.1) is 12.4 Å². The first kappa shape index (κ1) is 15.1. The predicted octanol–water partition coefficient (Wildman–Crippen LogP) is 3.26. The van der Waals surface area contributed by atoms with E-state index in [4.69, 9.17) is 5.73 Å².